The Hall–Kier alpha value is -2.90. The van der Waals surface area contributed by atoms with Crippen molar-refractivity contribution in [2.24, 2.45) is 5.73 Å². The monoisotopic (exact) mass is 363 g/mol. The van der Waals surface area contributed by atoms with Crippen molar-refractivity contribution in [2.75, 3.05) is 5.73 Å². The highest BCUT2D eigenvalue weighted by molar-refractivity contribution is 5.97. The SMILES string of the molecule is Cc1ccc(O)c(C)c1-n1c(N)c(C(N)=O)cc(C2CC(F)(F)C2)c1=O. The van der Waals surface area contributed by atoms with E-state index in [4.69, 9.17) is 11.5 Å². The molecule has 1 aromatic carbocycles. The van der Waals surface area contributed by atoms with Crippen LogP contribution in [0.3, 0.4) is 0 Å². The van der Waals surface area contributed by atoms with E-state index in [0.29, 0.717) is 16.8 Å². The number of pyridine rings is 1. The third-order valence-corrected chi connectivity index (χ3v) is 4.89. The van der Waals surface area contributed by atoms with Gasteiger partial charge in [-0.05, 0) is 31.5 Å². The van der Waals surface area contributed by atoms with E-state index in [-0.39, 0.29) is 22.7 Å². The van der Waals surface area contributed by atoms with Crippen molar-refractivity contribution in [3.63, 3.8) is 0 Å². The number of benzene rings is 1. The lowest BCUT2D eigenvalue weighted by molar-refractivity contribution is -0.0870. The molecule has 1 saturated carbocycles. The molecule has 1 aliphatic rings. The van der Waals surface area contributed by atoms with Crippen LogP contribution in [-0.2, 0) is 0 Å². The number of nitrogen functional groups attached to an aromatic ring is 1. The van der Waals surface area contributed by atoms with Crippen LogP contribution in [0.4, 0.5) is 14.6 Å². The molecule has 138 valence electrons. The standard InChI is InChI=1S/C18H19F2N3O3/c1-8-3-4-13(24)9(2)14(8)23-15(21)12(16(22)25)5-11(17(23)26)10-6-18(19,20)7-10/h3-5,10,24H,6-7,21H2,1-2H3,(H2,22,25). The number of hydrogen-bond acceptors (Lipinski definition) is 4. The Balaban J connectivity index is 2.33. The number of phenolic OH excluding ortho intramolecular Hbond substituents is 1. The van der Waals surface area contributed by atoms with Crippen LogP contribution in [0.1, 0.15) is 45.8 Å². The van der Waals surface area contributed by atoms with Gasteiger partial charge in [-0.1, -0.05) is 6.07 Å². The Bertz CT molecular complexity index is 975. The van der Waals surface area contributed by atoms with Crippen molar-refractivity contribution in [3.05, 3.63) is 50.8 Å². The molecule has 26 heavy (non-hydrogen) atoms. The van der Waals surface area contributed by atoms with Crippen LogP contribution in [0.15, 0.2) is 23.0 Å². The molecule has 0 aliphatic heterocycles. The summed E-state index contributed by atoms with van der Waals surface area (Å²) in [6, 6.07) is 4.28. The van der Waals surface area contributed by atoms with Gasteiger partial charge in [0.2, 0.25) is 5.92 Å². The number of amides is 1. The molecule has 0 bridgehead atoms. The first-order valence-corrected chi connectivity index (χ1v) is 8.06. The van der Waals surface area contributed by atoms with Crippen LogP contribution >= 0.6 is 0 Å². The molecule has 3 rings (SSSR count). The normalized spacial score (nSPS) is 16.3. The van der Waals surface area contributed by atoms with Crippen LogP contribution in [0, 0.1) is 13.8 Å². The number of aromatic hydroxyl groups is 1. The van der Waals surface area contributed by atoms with E-state index in [9.17, 15) is 23.5 Å². The number of phenols is 1. The molecule has 1 fully saturated rings. The Morgan fingerprint density at radius 1 is 1.31 bits per heavy atom. The molecule has 0 radical (unpaired) electrons. The fourth-order valence-corrected chi connectivity index (χ4v) is 3.41. The molecule has 1 aromatic heterocycles. The van der Waals surface area contributed by atoms with Gasteiger partial charge >= 0.3 is 0 Å². The number of nitrogens with zero attached hydrogens (tertiary/aromatic N) is 1. The van der Waals surface area contributed by atoms with E-state index in [2.05, 4.69) is 0 Å². The van der Waals surface area contributed by atoms with E-state index >= 15 is 0 Å². The molecular weight excluding hydrogens is 344 g/mol. The van der Waals surface area contributed by atoms with E-state index < -0.39 is 36.1 Å². The van der Waals surface area contributed by atoms with Crippen LogP contribution in [-0.4, -0.2) is 21.5 Å². The summed E-state index contributed by atoms with van der Waals surface area (Å²) in [6.07, 6.45) is -0.940. The predicted octanol–water partition coefficient (Wildman–Crippen LogP) is 2.35. The number of anilines is 1. The first-order chi connectivity index (χ1) is 12.0. The number of rotatable bonds is 3. The van der Waals surface area contributed by atoms with Crippen LogP contribution in [0.25, 0.3) is 5.69 Å². The molecule has 0 atom stereocenters. The maximum Gasteiger partial charge on any atom is 0.260 e. The summed E-state index contributed by atoms with van der Waals surface area (Å²) < 4.78 is 27.7. The van der Waals surface area contributed by atoms with E-state index in [1.54, 1.807) is 19.9 Å². The molecule has 1 aliphatic carbocycles. The third-order valence-electron chi connectivity index (χ3n) is 4.89. The molecule has 2 aromatic rings. The molecular formula is C18H19F2N3O3. The van der Waals surface area contributed by atoms with Crippen molar-refractivity contribution in [2.45, 2.75) is 38.5 Å². The number of halogens is 2. The molecule has 1 amide bonds. The minimum atomic E-state index is -2.83. The first-order valence-electron chi connectivity index (χ1n) is 8.06. The van der Waals surface area contributed by atoms with Gasteiger partial charge in [0, 0.05) is 29.9 Å². The van der Waals surface area contributed by atoms with E-state index in [1.165, 1.54) is 12.1 Å². The molecule has 6 nitrogen and oxygen atoms in total. The summed E-state index contributed by atoms with van der Waals surface area (Å²) in [6.45, 7) is 3.30. The van der Waals surface area contributed by atoms with Gasteiger partial charge in [0.1, 0.15) is 11.6 Å². The average molecular weight is 363 g/mol. The fourth-order valence-electron chi connectivity index (χ4n) is 3.41. The highest BCUT2D eigenvalue weighted by atomic mass is 19.3. The van der Waals surface area contributed by atoms with Gasteiger partial charge in [0.15, 0.2) is 0 Å². The van der Waals surface area contributed by atoms with E-state index in [1.807, 2.05) is 0 Å². The lowest BCUT2D eigenvalue weighted by Gasteiger charge is -2.35. The zero-order chi connectivity index (χ0) is 19.4. The molecule has 1 heterocycles. The average Bonchev–Trinajstić information content (AvgIpc) is 2.52. The maximum absolute atomic E-state index is 13.3. The van der Waals surface area contributed by atoms with Gasteiger partial charge in [0.05, 0.1) is 11.3 Å². The number of aryl methyl sites for hydroxylation is 1. The number of aromatic nitrogens is 1. The summed E-state index contributed by atoms with van der Waals surface area (Å²) >= 11 is 0. The first kappa shape index (κ1) is 17.9. The summed E-state index contributed by atoms with van der Waals surface area (Å²) in [4.78, 5) is 24.8. The Morgan fingerprint density at radius 2 is 1.92 bits per heavy atom. The Kier molecular flexibility index (Phi) is 4.01. The summed E-state index contributed by atoms with van der Waals surface area (Å²) in [5.41, 5.74) is 12.1. The highest BCUT2D eigenvalue weighted by Crippen LogP contribution is 2.47. The molecule has 5 N–H and O–H groups in total. The lowest BCUT2D eigenvalue weighted by atomic mass is 9.76. The number of nitrogens with two attached hydrogens (primary N) is 2. The molecule has 8 heteroatoms. The second kappa shape index (κ2) is 5.82. The zero-order valence-corrected chi connectivity index (χ0v) is 14.3. The molecule has 0 saturated heterocycles. The Labute approximate surface area is 148 Å². The van der Waals surface area contributed by atoms with Gasteiger partial charge in [-0.2, -0.15) is 0 Å². The second-order valence-corrected chi connectivity index (χ2v) is 6.74. The van der Waals surface area contributed by atoms with Crippen LogP contribution < -0.4 is 17.0 Å². The fraction of sp³-hybridized carbons (Fsp3) is 0.333. The van der Waals surface area contributed by atoms with Crippen LogP contribution in [0.5, 0.6) is 5.75 Å². The highest BCUT2D eigenvalue weighted by Gasteiger charge is 2.47. The molecule has 0 spiro atoms. The van der Waals surface area contributed by atoms with Gasteiger partial charge in [-0.15, -0.1) is 0 Å². The number of primary amides is 1. The van der Waals surface area contributed by atoms with Crippen molar-refractivity contribution in [3.8, 4) is 11.4 Å². The summed E-state index contributed by atoms with van der Waals surface area (Å²) in [5, 5.41) is 10.0. The van der Waals surface area contributed by atoms with Crippen molar-refractivity contribution < 1.29 is 18.7 Å². The van der Waals surface area contributed by atoms with Crippen molar-refractivity contribution in [1.82, 2.24) is 4.57 Å². The summed E-state index contributed by atoms with van der Waals surface area (Å²) in [7, 11) is 0. The van der Waals surface area contributed by atoms with Gasteiger partial charge in [-0.3, -0.25) is 14.2 Å². The number of carbonyl (C=O) groups is 1. The minimum Gasteiger partial charge on any atom is -0.508 e. The predicted molar refractivity (Wildman–Crippen MR) is 93.0 cm³/mol. The quantitative estimate of drug-likeness (QED) is 0.777. The lowest BCUT2D eigenvalue weighted by Crippen LogP contribution is -2.39. The van der Waals surface area contributed by atoms with Crippen LogP contribution in [0.2, 0.25) is 0 Å². The zero-order valence-electron chi connectivity index (χ0n) is 14.3. The number of alkyl halides is 2. The van der Waals surface area contributed by atoms with Gasteiger partial charge < -0.3 is 16.6 Å². The maximum atomic E-state index is 13.3. The Morgan fingerprint density at radius 3 is 2.46 bits per heavy atom. The van der Waals surface area contributed by atoms with Gasteiger partial charge in [0.25, 0.3) is 11.5 Å². The summed E-state index contributed by atoms with van der Waals surface area (Å²) in [5.74, 6) is -4.61. The molecule has 0 unspecified atom stereocenters. The van der Waals surface area contributed by atoms with Crippen molar-refractivity contribution in [1.29, 1.82) is 0 Å². The largest absolute Gasteiger partial charge is 0.508 e. The topological polar surface area (TPSA) is 111 Å². The smallest absolute Gasteiger partial charge is 0.260 e. The number of hydrogen-bond donors (Lipinski definition) is 3. The second-order valence-electron chi connectivity index (χ2n) is 6.74. The minimum absolute atomic E-state index is 0.0573. The number of carbonyl (C=O) groups excluding carboxylic acids is 1. The van der Waals surface area contributed by atoms with Crippen molar-refractivity contribution >= 4 is 11.7 Å². The third kappa shape index (κ3) is 2.71. The van der Waals surface area contributed by atoms with E-state index in [0.717, 1.165) is 4.57 Å². The van der Waals surface area contributed by atoms with Gasteiger partial charge in [-0.25, -0.2) is 8.78 Å².